The largest absolute Gasteiger partial charge is 0.507 e. The lowest BCUT2D eigenvalue weighted by Crippen LogP contribution is -2.65. The molecular formula is C45H50N2O19. The summed E-state index contributed by atoms with van der Waals surface area (Å²) in [5.74, 6) is -7.01. The van der Waals surface area contributed by atoms with Crippen molar-refractivity contribution in [2.45, 2.75) is 101 Å². The quantitative estimate of drug-likeness (QED) is 0.0851. The van der Waals surface area contributed by atoms with E-state index in [9.17, 15) is 69.9 Å². The van der Waals surface area contributed by atoms with E-state index in [0.29, 0.717) is 0 Å². The van der Waals surface area contributed by atoms with Crippen molar-refractivity contribution in [2.75, 3.05) is 27.3 Å². The van der Waals surface area contributed by atoms with Crippen molar-refractivity contribution < 1.29 is 93.6 Å². The second-order valence-electron chi connectivity index (χ2n) is 16.7. The van der Waals surface area contributed by atoms with Crippen LogP contribution in [0.1, 0.15) is 91.9 Å². The minimum Gasteiger partial charge on any atom is -0.507 e. The summed E-state index contributed by atoms with van der Waals surface area (Å²) in [4.78, 5) is 67.0. The third kappa shape index (κ3) is 8.31. The number of aliphatic hydroxyl groups excluding tert-OH is 5. The van der Waals surface area contributed by atoms with Gasteiger partial charge in [-0.3, -0.25) is 28.9 Å². The first-order valence-electron chi connectivity index (χ1n) is 20.8. The second-order valence-corrected chi connectivity index (χ2v) is 16.7. The van der Waals surface area contributed by atoms with E-state index < -0.39 is 154 Å². The zero-order valence-corrected chi connectivity index (χ0v) is 36.4. The van der Waals surface area contributed by atoms with Crippen LogP contribution in [0.5, 0.6) is 23.0 Å². The van der Waals surface area contributed by atoms with Crippen LogP contribution < -0.4 is 10.1 Å². The van der Waals surface area contributed by atoms with Crippen LogP contribution in [0.25, 0.3) is 11.1 Å². The highest BCUT2D eigenvalue weighted by Crippen LogP contribution is 2.57. The number of ether oxygens (including phenoxy) is 5. The summed E-state index contributed by atoms with van der Waals surface area (Å²) in [5, 5.41) is 103. The molecule has 0 saturated carbocycles. The number of amides is 1. The molecule has 3 aromatic carbocycles. The number of carbonyl (C=O) groups is 5. The number of methoxy groups -OCH3 is 1. The standard InChI is InChI=1S/C45H50N2O19/c1-15-10-23-29(36(55)26(15)42(59)46-17(3)43(60)61)28-21(13-22-30(37(28)56)33(52)20-11-19(62-6)12-24(49)27(20)32(22)51)34(53)40(23)65-45-39(58)41(66-44-38(57)35(54)25(50)14-63-44)31(18(4)64-45)47(5)9-7-8-16(2)48/h7-8,10-13,17-18,25,31,34-35,38-41,44-45,49-50,53-58H,9,14H2,1-6H3,(H,46,59)(H,60,61)/b8-7+/t17?,18?,25?,31?,34-,35?,38?,39?,40-,41?,44?,45?/m0/s1. The van der Waals surface area contributed by atoms with Crippen LogP contribution >= 0.6 is 0 Å². The van der Waals surface area contributed by atoms with Gasteiger partial charge in [-0.2, -0.15) is 0 Å². The van der Waals surface area contributed by atoms with Crippen LogP contribution in [0.2, 0.25) is 0 Å². The number of phenolic OH excluding ortho intramolecular Hbond substituents is 3. The van der Waals surface area contributed by atoms with Crippen LogP contribution in [0, 0.1) is 6.92 Å². The number of carboxylic acid groups (broad SMARTS) is 1. The van der Waals surface area contributed by atoms with Crippen molar-refractivity contribution in [1.82, 2.24) is 10.2 Å². The predicted molar refractivity (Wildman–Crippen MR) is 224 cm³/mol. The maximum absolute atomic E-state index is 14.2. The molecule has 2 fully saturated rings. The Morgan fingerprint density at radius 3 is 2.18 bits per heavy atom. The number of aliphatic carboxylic acids is 1. The minimum atomic E-state index is -1.94. The molecule has 0 aromatic heterocycles. The Bertz CT molecular complexity index is 2520. The third-order valence-corrected chi connectivity index (χ3v) is 12.3. The normalized spacial score (nSPS) is 28.6. The molecule has 12 atom stereocenters. The van der Waals surface area contributed by atoms with Crippen LogP contribution in [-0.4, -0.2) is 169 Å². The van der Waals surface area contributed by atoms with Crippen LogP contribution in [0.15, 0.2) is 36.4 Å². The van der Waals surface area contributed by atoms with Crippen molar-refractivity contribution in [3.63, 3.8) is 0 Å². The number of allylic oxidation sites excluding steroid dienone is 1. The van der Waals surface area contributed by atoms with Gasteiger partial charge in [-0.1, -0.05) is 12.1 Å². The van der Waals surface area contributed by atoms with E-state index in [4.69, 9.17) is 23.7 Å². The van der Waals surface area contributed by atoms with Gasteiger partial charge in [0, 0.05) is 34.9 Å². The fourth-order valence-electron chi connectivity index (χ4n) is 9.00. The van der Waals surface area contributed by atoms with Crippen LogP contribution in [0.3, 0.4) is 0 Å². The molecule has 2 aliphatic carbocycles. The highest BCUT2D eigenvalue weighted by Gasteiger charge is 2.52. The smallest absolute Gasteiger partial charge is 0.325 e. The number of aromatic hydroxyl groups is 3. The molecule has 354 valence electrons. The number of fused-ring (bicyclic) bond motifs is 5. The molecule has 1 amide bonds. The highest BCUT2D eigenvalue weighted by molar-refractivity contribution is 6.31. The van der Waals surface area contributed by atoms with Crippen molar-refractivity contribution >= 4 is 29.2 Å². The molecule has 4 aliphatic rings. The molecule has 2 heterocycles. The molecule has 0 bridgehead atoms. The summed E-state index contributed by atoms with van der Waals surface area (Å²) >= 11 is 0. The van der Waals surface area contributed by atoms with Crippen LogP contribution in [-0.2, 0) is 28.5 Å². The Morgan fingerprint density at radius 1 is 0.879 bits per heavy atom. The summed E-state index contributed by atoms with van der Waals surface area (Å²) in [6, 6.07) is 2.28. The molecule has 2 saturated heterocycles. The molecule has 66 heavy (non-hydrogen) atoms. The van der Waals surface area contributed by atoms with Gasteiger partial charge >= 0.3 is 5.97 Å². The Hall–Kier alpha value is -5.85. The van der Waals surface area contributed by atoms with Gasteiger partial charge in [-0.05, 0) is 69.6 Å². The van der Waals surface area contributed by atoms with Crippen molar-refractivity contribution in [2.24, 2.45) is 0 Å². The van der Waals surface area contributed by atoms with Gasteiger partial charge in [-0.15, -0.1) is 0 Å². The minimum absolute atomic E-state index is 0.00381. The number of phenols is 3. The van der Waals surface area contributed by atoms with Gasteiger partial charge in [0.1, 0.15) is 71.8 Å². The maximum Gasteiger partial charge on any atom is 0.325 e. The summed E-state index contributed by atoms with van der Waals surface area (Å²) in [5.41, 5.74) is -3.58. The van der Waals surface area contributed by atoms with Crippen LogP contribution in [0.4, 0.5) is 0 Å². The molecule has 2 aliphatic heterocycles. The van der Waals surface area contributed by atoms with Crippen molar-refractivity contribution in [1.29, 1.82) is 0 Å². The molecule has 3 aromatic rings. The summed E-state index contributed by atoms with van der Waals surface area (Å²) in [6.45, 7) is 5.15. The average molecular weight is 923 g/mol. The molecular weight excluding hydrogens is 872 g/mol. The number of hydrogen-bond donors (Lipinski definition) is 10. The molecule has 7 rings (SSSR count). The van der Waals surface area contributed by atoms with Gasteiger partial charge in [0.05, 0.1) is 42.6 Å². The van der Waals surface area contributed by atoms with Gasteiger partial charge in [0.25, 0.3) is 5.91 Å². The lowest BCUT2D eigenvalue weighted by molar-refractivity contribution is -0.345. The van der Waals surface area contributed by atoms with Gasteiger partial charge < -0.3 is 75.0 Å². The highest BCUT2D eigenvalue weighted by atomic mass is 16.7. The molecule has 21 nitrogen and oxygen atoms in total. The summed E-state index contributed by atoms with van der Waals surface area (Å²) in [7, 11) is 2.88. The van der Waals surface area contributed by atoms with E-state index >= 15 is 0 Å². The average Bonchev–Trinajstić information content (AvgIpc) is 3.25. The number of rotatable bonds is 12. The lowest BCUT2D eigenvalue weighted by atomic mass is 9.74. The van der Waals surface area contributed by atoms with E-state index in [-0.39, 0.29) is 40.3 Å². The first-order chi connectivity index (χ1) is 31.1. The molecule has 21 heteroatoms. The van der Waals surface area contributed by atoms with E-state index in [1.807, 2.05) is 0 Å². The fourth-order valence-corrected chi connectivity index (χ4v) is 9.00. The number of hydrogen-bond acceptors (Lipinski definition) is 19. The third-order valence-electron chi connectivity index (χ3n) is 12.3. The number of nitrogens with one attached hydrogen (secondary N) is 1. The topological polar surface area (TPSA) is 329 Å². The zero-order chi connectivity index (χ0) is 48.4. The molecule has 0 radical (unpaired) electrons. The number of ketones is 3. The number of aryl methyl sites for hydroxylation is 1. The first kappa shape index (κ1) is 48.1. The number of nitrogens with zero attached hydrogens (tertiary/aromatic N) is 1. The van der Waals surface area contributed by atoms with Gasteiger partial charge in [0.2, 0.25) is 0 Å². The monoisotopic (exact) mass is 922 g/mol. The number of likely N-dealkylation sites (N-methyl/N-ethyl adjacent to an activating group) is 1. The van der Waals surface area contributed by atoms with E-state index in [2.05, 4.69) is 5.32 Å². The summed E-state index contributed by atoms with van der Waals surface area (Å²) < 4.78 is 29.5. The number of benzene rings is 3. The van der Waals surface area contributed by atoms with Crippen molar-refractivity contribution in [3.05, 3.63) is 80.9 Å². The Morgan fingerprint density at radius 2 is 1.53 bits per heavy atom. The second kappa shape index (κ2) is 18.4. The number of carboxylic acids is 1. The summed E-state index contributed by atoms with van der Waals surface area (Å²) in [6.07, 6.45) is -13.4. The number of carbonyl (C=O) groups excluding carboxylic acids is 4. The Balaban J connectivity index is 1.36. The Kier molecular flexibility index (Phi) is 13.4. The van der Waals surface area contributed by atoms with Gasteiger partial charge in [-0.25, -0.2) is 0 Å². The Labute approximate surface area is 376 Å². The van der Waals surface area contributed by atoms with Crippen molar-refractivity contribution in [3.8, 4) is 34.1 Å². The molecule has 10 N–H and O–H groups in total. The zero-order valence-electron chi connectivity index (χ0n) is 36.4. The number of aliphatic hydroxyl groups is 5. The SMILES string of the molecule is COc1cc(O)c2c(c1)C(=O)c1c(cc3c(c1O)-c1c(cc(C)c(C(=O)NC(C)C(=O)O)c1O)[C@H](OC1OC(C)C(N(C)C/C=C/C(C)=O)C(OC4OCC(O)C(O)C4O)C1O)[C@H]3O)C2=O. The molecule has 10 unspecified atom stereocenters. The van der Waals surface area contributed by atoms with E-state index in [0.717, 1.165) is 12.1 Å². The van der Waals surface area contributed by atoms with E-state index in [1.54, 1.807) is 24.9 Å². The lowest BCUT2D eigenvalue weighted by Gasteiger charge is -2.49. The fraction of sp³-hybridized carbons (Fsp3) is 0.444. The van der Waals surface area contributed by atoms with Gasteiger partial charge in [0.15, 0.2) is 29.9 Å². The maximum atomic E-state index is 14.2. The van der Waals surface area contributed by atoms with E-state index in [1.165, 1.54) is 46.1 Å². The predicted octanol–water partition coefficient (Wildman–Crippen LogP) is 0.246. The molecule has 0 spiro atoms. The first-order valence-corrected chi connectivity index (χ1v) is 20.8.